The van der Waals surface area contributed by atoms with E-state index in [1.54, 1.807) is 24.3 Å². The normalized spacial score (nSPS) is 21.9. The van der Waals surface area contributed by atoms with Crippen LogP contribution in [0.3, 0.4) is 0 Å². The van der Waals surface area contributed by atoms with Crippen LogP contribution in [0.25, 0.3) is 10.8 Å². The Balaban J connectivity index is 1.81. The lowest BCUT2D eigenvalue weighted by atomic mass is 10.0. The van der Waals surface area contributed by atoms with Gasteiger partial charge in [-0.25, -0.2) is 9.59 Å². The number of hydrogen-bond acceptors (Lipinski definition) is 8. The fourth-order valence-corrected chi connectivity index (χ4v) is 4.04. The molecule has 2 saturated heterocycles. The molecule has 2 amide bonds. The summed E-state index contributed by atoms with van der Waals surface area (Å²) in [5.74, 6) is -2.21. The molecule has 0 aromatic heterocycles. The summed E-state index contributed by atoms with van der Waals surface area (Å²) in [5.41, 5.74) is -0.152. The second-order valence-corrected chi connectivity index (χ2v) is 7.88. The smallest absolute Gasteiger partial charge is 0.414 e. The van der Waals surface area contributed by atoms with Crippen LogP contribution in [-0.4, -0.2) is 67.4 Å². The highest BCUT2D eigenvalue weighted by Gasteiger charge is 2.57. The lowest BCUT2D eigenvalue weighted by Crippen LogP contribution is -2.49. The van der Waals surface area contributed by atoms with Crippen molar-refractivity contribution in [3.63, 3.8) is 0 Å². The average Bonchev–Trinajstić information content (AvgIpc) is 3.64. The van der Waals surface area contributed by atoms with E-state index < -0.39 is 42.3 Å². The molecule has 2 heterocycles. The van der Waals surface area contributed by atoms with Crippen LogP contribution in [0.2, 0.25) is 0 Å². The minimum atomic E-state index is -1.15. The van der Waals surface area contributed by atoms with Gasteiger partial charge in [-0.15, -0.1) is 0 Å². The summed E-state index contributed by atoms with van der Waals surface area (Å²) in [7, 11) is 1.13. The Morgan fingerprint density at radius 2 is 1.91 bits per heavy atom. The van der Waals surface area contributed by atoms with Crippen molar-refractivity contribution in [1.29, 1.82) is 0 Å². The summed E-state index contributed by atoms with van der Waals surface area (Å²) in [6.07, 6.45) is -1.61. The number of fused-ring (bicyclic) bond motifs is 2. The predicted molar refractivity (Wildman–Crippen MR) is 123 cm³/mol. The molecule has 0 aliphatic carbocycles. The predicted octanol–water partition coefficient (Wildman–Crippen LogP) is 2.29. The number of amides is 2. The van der Waals surface area contributed by atoms with Crippen molar-refractivity contribution < 1.29 is 38.1 Å². The molecule has 2 aliphatic rings. The van der Waals surface area contributed by atoms with E-state index in [4.69, 9.17) is 18.9 Å². The minimum Gasteiger partial charge on any atom is -0.464 e. The quantitative estimate of drug-likeness (QED) is 0.220. The summed E-state index contributed by atoms with van der Waals surface area (Å²) in [4.78, 5) is 52.1. The van der Waals surface area contributed by atoms with Crippen LogP contribution < -0.4 is 5.32 Å². The highest BCUT2D eigenvalue weighted by molar-refractivity contribution is 6.09. The summed E-state index contributed by atoms with van der Waals surface area (Å²) in [6.45, 7) is 4.64. The number of benzene rings is 2. The second kappa shape index (κ2) is 9.98. The maximum atomic E-state index is 13.4. The van der Waals surface area contributed by atoms with Gasteiger partial charge in [0.05, 0.1) is 19.4 Å². The van der Waals surface area contributed by atoms with Crippen molar-refractivity contribution in [1.82, 2.24) is 10.2 Å². The number of methoxy groups -OCH3 is 1. The van der Waals surface area contributed by atoms with E-state index in [9.17, 15) is 19.2 Å². The van der Waals surface area contributed by atoms with Crippen LogP contribution in [0.1, 0.15) is 17.3 Å². The molecule has 3 atom stereocenters. The molecule has 10 nitrogen and oxygen atoms in total. The molecule has 4 rings (SSSR count). The number of carbonyl (C=O) groups excluding carboxylic acids is 4. The molecule has 2 aromatic rings. The number of carbonyl (C=O) groups is 4. The highest BCUT2D eigenvalue weighted by atomic mass is 16.6. The second-order valence-electron chi connectivity index (χ2n) is 7.88. The van der Waals surface area contributed by atoms with E-state index in [1.165, 1.54) is 13.0 Å². The molecule has 1 N–H and O–H groups in total. The van der Waals surface area contributed by atoms with Crippen LogP contribution >= 0.6 is 0 Å². The first-order chi connectivity index (χ1) is 16.8. The summed E-state index contributed by atoms with van der Waals surface area (Å²) in [5, 5.41) is 4.07. The third kappa shape index (κ3) is 4.87. The number of nitrogens with one attached hydrogen (secondary N) is 1. The monoisotopic (exact) mass is 480 g/mol. The maximum absolute atomic E-state index is 13.4. The van der Waals surface area contributed by atoms with Gasteiger partial charge in [0, 0.05) is 12.5 Å². The molecule has 0 spiro atoms. The Labute approximate surface area is 201 Å². The average molecular weight is 480 g/mol. The number of ether oxygens (including phenoxy) is 4. The number of epoxide rings is 1. The van der Waals surface area contributed by atoms with E-state index in [0.717, 1.165) is 17.4 Å². The molecule has 0 saturated carbocycles. The number of rotatable bonds is 6. The number of hydrogen-bond donors (Lipinski definition) is 1. The highest BCUT2D eigenvalue weighted by Crippen LogP contribution is 2.40. The SMILES string of the molecule is C=CCOC(=O)N1C[C@H]2O[C@H]2[C@H](OC(C)=O)/C1=C(\NC(=O)c1cccc2ccccc12)C(=O)OC. The van der Waals surface area contributed by atoms with Crippen LogP contribution in [0.5, 0.6) is 0 Å². The van der Waals surface area contributed by atoms with Gasteiger partial charge in [-0.3, -0.25) is 14.5 Å². The molecule has 182 valence electrons. The lowest BCUT2D eigenvalue weighted by Gasteiger charge is -2.33. The van der Waals surface area contributed by atoms with Gasteiger partial charge in [0.2, 0.25) is 0 Å². The summed E-state index contributed by atoms with van der Waals surface area (Å²) >= 11 is 0. The fraction of sp³-hybridized carbons (Fsp3) is 0.280. The summed E-state index contributed by atoms with van der Waals surface area (Å²) in [6, 6.07) is 12.4. The molecule has 0 bridgehead atoms. The van der Waals surface area contributed by atoms with Gasteiger partial charge < -0.3 is 24.3 Å². The first-order valence-electron chi connectivity index (χ1n) is 10.8. The standard InChI is InChI=1S/C25H24N2O8/c1-4-12-33-25(31)27-13-18-21(35-18)22(34-14(2)28)20(27)19(24(30)32-3)26-23(29)17-11-7-9-15-8-5-6-10-16(15)17/h4-11,18,21-22H,1,12-13H2,2-3H3,(H,26,29)/b20-19+/t18-,21-,22-/m1/s1. The van der Waals surface area contributed by atoms with Crippen LogP contribution in [0.15, 0.2) is 66.5 Å². The summed E-state index contributed by atoms with van der Waals surface area (Å²) < 4.78 is 21.1. The van der Waals surface area contributed by atoms with Crippen molar-refractivity contribution in [2.24, 2.45) is 0 Å². The van der Waals surface area contributed by atoms with Gasteiger partial charge >= 0.3 is 18.0 Å². The van der Waals surface area contributed by atoms with Crippen molar-refractivity contribution in [3.8, 4) is 0 Å². The molecule has 2 fully saturated rings. The molecular weight excluding hydrogens is 456 g/mol. The maximum Gasteiger partial charge on any atom is 0.414 e. The molecule has 10 heteroatoms. The molecule has 2 aliphatic heterocycles. The van der Waals surface area contributed by atoms with Crippen molar-refractivity contribution in [2.45, 2.75) is 25.2 Å². The van der Waals surface area contributed by atoms with Crippen LogP contribution in [0.4, 0.5) is 4.79 Å². The van der Waals surface area contributed by atoms with Gasteiger partial charge in [-0.2, -0.15) is 0 Å². The van der Waals surface area contributed by atoms with Crippen molar-refractivity contribution in [3.05, 3.63) is 72.1 Å². The van der Waals surface area contributed by atoms with Gasteiger partial charge in [0.15, 0.2) is 11.8 Å². The van der Waals surface area contributed by atoms with E-state index in [-0.39, 0.29) is 24.5 Å². The van der Waals surface area contributed by atoms with Gasteiger partial charge in [-0.05, 0) is 16.8 Å². The van der Waals surface area contributed by atoms with E-state index in [2.05, 4.69) is 11.9 Å². The lowest BCUT2D eigenvalue weighted by molar-refractivity contribution is -0.147. The molecule has 35 heavy (non-hydrogen) atoms. The minimum absolute atomic E-state index is 0.0262. The number of esters is 2. The number of piperidine rings is 1. The largest absolute Gasteiger partial charge is 0.464 e. The zero-order valence-corrected chi connectivity index (χ0v) is 19.2. The van der Waals surface area contributed by atoms with Crippen molar-refractivity contribution >= 4 is 34.7 Å². The van der Waals surface area contributed by atoms with Crippen molar-refractivity contribution in [2.75, 3.05) is 20.3 Å². The Morgan fingerprint density at radius 1 is 1.17 bits per heavy atom. The van der Waals surface area contributed by atoms with Gasteiger partial charge in [0.25, 0.3) is 5.91 Å². The van der Waals surface area contributed by atoms with Gasteiger partial charge in [0.1, 0.15) is 18.8 Å². The van der Waals surface area contributed by atoms with E-state index in [1.807, 2.05) is 18.2 Å². The van der Waals surface area contributed by atoms with E-state index in [0.29, 0.717) is 10.9 Å². The molecular formula is C25H24N2O8. The van der Waals surface area contributed by atoms with Gasteiger partial charge in [-0.1, -0.05) is 49.1 Å². The molecule has 2 aromatic carbocycles. The fourth-order valence-electron chi connectivity index (χ4n) is 4.04. The van der Waals surface area contributed by atoms with E-state index >= 15 is 0 Å². The third-order valence-corrected chi connectivity index (χ3v) is 5.60. The van der Waals surface area contributed by atoms with Crippen LogP contribution in [0, 0.1) is 0 Å². The first-order valence-corrected chi connectivity index (χ1v) is 10.8. The zero-order valence-electron chi connectivity index (χ0n) is 19.2. The van der Waals surface area contributed by atoms with Crippen LogP contribution in [-0.2, 0) is 28.5 Å². The Kier molecular flexibility index (Phi) is 6.83. The number of likely N-dealkylation sites (tertiary alicyclic amines) is 1. The third-order valence-electron chi connectivity index (χ3n) is 5.60. The topological polar surface area (TPSA) is 124 Å². The Bertz CT molecular complexity index is 1230. The number of nitrogens with zero attached hydrogens (tertiary/aromatic N) is 1. The molecule has 0 unspecified atom stereocenters. The Morgan fingerprint density at radius 3 is 2.63 bits per heavy atom. The zero-order chi connectivity index (χ0) is 25.1. The Hall–Kier alpha value is -4.18. The molecule has 0 radical (unpaired) electrons. The first kappa shape index (κ1) is 24.0.